The average Bonchev–Trinajstić information content (AvgIpc) is 2.44. The maximum Gasteiger partial charge on any atom is 0.306 e. The zero-order valence-electron chi connectivity index (χ0n) is 11.2. The molecule has 0 heterocycles. The average molecular weight is 397 g/mol. The molecule has 0 amide bonds. The highest BCUT2D eigenvalue weighted by atomic mass is 79.9. The Labute approximate surface area is 141 Å². The summed E-state index contributed by atoms with van der Waals surface area (Å²) in [4.78, 5) is 10.9. The Morgan fingerprint density at radius 1 is 1.33 bits per heavy atom. The first-order valence-electron chi connectivity index (χ1n) is 6.65. The van der Waals surface area contributed by atoms with Crippen molar-refractivity contribution < 1.29 is 15.0 Å². The Morgan fingerprint density at radius 2 is 1.95 bits per heavy atom. The predicted molar refractivity (Wildman–Crippen MR) is 87.2 cm³/mol. The van der Waals surface area contributed by atoms with Gasteiger partial charge in [0.05, 0.1) is 27.3 Å². The molecule has 21 heavy (non-hydrogen) atoms. The van der Waals surface area contributed by atoms with E-state index in [2.05, 4.69) is 21.2 Å². The molecule has 1 aliphatic rings. The van der Waals surface area contributed by atoms with Crippen molar-refractivity contribution in [3.63, 3.8) is 0 Å². The van der Waals surface area contributed by atoms with E-state index in [1.807, 2.05) is 0 Å². The Balaban J connectivity index is 1.97. The first-order valence-corrected chi connectivity index (χ1v) is 8.20. The highest BCUT2D eigenvalue weighted by molar-refractivity contribution is 9.10. The largest absolute Gasteiger partial charge is 0.481 e. The van der Waals surface area contributed by atoms with Gasteiger partial charge in [0.25, 0.3) is 0 Å². The van der Waals surface area contributed by atoms with E-state index < -0.39 is 11.6 Å². The fourth-order valence-corrected chi connectivity index (χ4v) is 3.34. The van der Waals surface area contributed by atoms with Gasteiger partial charge in [-0.25, -0.2) is 0 Å². The molecular formula is C14H16BrCl2NO3. The van der Waals surface area contributed by atoms with E-state index in [9.17, 15) is 9.90 Å². The number of carboxylic acids is 1. The number of anilines is 1. The van der Waals surface area contributed by atoms with Crippen LogP contribution in [0.1, 0.15) is 25.7 Å². The van der Waals surface area contributed by atoms with Gasteiger partial charge in [-0.3, -0.25) is 4.79 Å². The summed E-state index contributed by atoms with van der Waals surface area (Å²) < 4.78 is 0.709. The van der Waals surface area contributed by atoms with Gasteiger partial charge in [0.2, 0.25) is 0 Å². The highest BCUT2D eigenvalue weighted by Crippen LogP contribution is 2.37. The maximum atomic E-state index is 10.9. The second kappa shape index (κ2) is 6.73. The number of aliphatic carboxylic acids is 1. The summed E-state index contributed by atoms with van der Waals surface area (Å²) in [5.74, 6) is -1.14. The van der Waals surface area contributed by atoms with Crippen molar-refractivity contribution in [1.29, 1.82) is 0 Å². The van der Waals surface area contributed by atoms with Gasteiger partial charge in [0.15, 0.2) is 0 Å². The molecule has 0 aliphatic heterocycles. The normalized spacial score (nSPS) is 25.6. The van der Waals surface area contributed by atoms with Gasteiger partial charge in [-0.2, -0.15) is 0 Å². The van der Waals surface area contributed by atoms with Crippen LogP contribution in [0.4, 0.5) is 5.69 Å². The second-order valence-electron chi connectivity index (χ2n) is 5.41. The van der Waals surface area contributed by atoms with Crippen molar-refractivity contribution in [3.8, 4) is 0 Å². The first kappa shape index (κ1) is 16.9. The summed E-state index contributed by atoms with van der Waals surface area (Å²) in [6.07, 6.45) is 1.89. The van der Waals surface area contributed by atoms with Crippen molar-refractivity contribution in [2.75, 3.05) is 11.9 Å². The number of aliphatic hydroxyl groups is 1. The number of hydrogen-bond acceptors (Lipinski definition) is 3. The van der Waals surface area contributed by atoms with E-state index in [0.29, 0.717) is 52.4 Å². The molecule has 0 radical (unpaired) electrons. The van der Waals surface area contributed by atoms with Gasteiger partial charge in [-0.1, -0.05) is 23.2 Å². The van der Waals surface area contributed by atoms with Crippen LogP contribution < -0.4 is 5.32 Å². The smallest absolute Gasteiger partial charge is 0.306 e. The Kier molecular flexibility index (Phi) is 5.41. The molecule has 1 aliphatic carbocycles. The Morgan fingerprint density at radius 3 is 2.52 bits per heavy atom. The maximum absolute atomic E-state index is 10.9. The molecule has 0 spiro atoms. The van der Waals surface area contributed by atoms with Crippen LogP contribution in [0.3, 0.4) is 0 Å². The van der Waals surface area contributed by atoms with Crippen LogP contribution in [-0.4, -0.2) is 28.3 Å². The first-order chi connectivity index (χ1) is 9.82. The molecular weight excluding hydrogens is 381 g/mol. The van der Waals surface area contributed by atoms with Crippen molar-refractivity contribution in [2.45, 2.75) is 31.3 Å². The third kappa shape index (κ3) is 4.03. The lowest BCUT2D eigenvalue weighted by molar-refractivity contribution is -0.144. The monoisotopic (exact) mass is 395 g/mol. The molecule has 3 N–H and O–H groups in total. The van der Waals surface area contributed by atoms with E-state index in [4.69, 9.17) is 28.3 Å². The predicted octanol–water partition coefficient (Wildman–Crippen LogP) is 4.17. The summed E-state index contributed by atoms with van der Waals surface area (Å²) in [5, 5.41) is 23.4. The molecule has 0 atom stereocenters. The molecule has 1 aromatic carbocycles. The molecule has 1 saturated carbocycles. The van der Waals surface area contributed by atoms with E-state index in [1.54, 1.807) is 12.1 Å². The number of nitrogens with one attached hydrogen (secondary N) is 1. The summed E-state index contributed by atoms with van der Waals surface area (Å²) in [6, 6.07) is 3.56. The molecule has 1 aromatic rings. The summed E-state index contributed by atoms with van der Waals surface area (Å²) in [5.41, 5.74) is -0.256. The SMILES string of the molecule is O=C(O)C1CCC(O)(CNc2ccc(Br)c(Cl)c2Cl)CC1. The van der Waals surface area contributed by atoms with Gasteiger partial charge >= 0.3 is 5.97 Å². The topological polar surface area (TPSA) is 69.6 Å². The lowest BCUT2D eigenvalue weighted by atomic mass is 9.79. The van der Waals surface area contributed by atoms with E-state index in [0.717, 1.165) is 0 Å². The molecule has 7 heteroatoms. The van der Waals surface area contributed by atoms with E-state index in [-0.39, 0.29) is 5.92 Å². The summed E-state index contributed by atoms with van der Waals surface area (Å²) in [7, 11) is 0. The van der Waals surface area contributed by atoms with Crippen molar-refractivity contribution in [1.82, 2.24) is 0 Å². The fraction of sp³-hybridized carbons (Fsp3) is 0.500. The van der Waals surface area contributed by atoms with E-state index in [1.165, 1.54) is 0 Å². The van der Waals surface area contributed by atoms with Crippen LogP contribution >= 0.6 is 39.1 Å². The van der Waals surface area contributed by atoms with Gasteiger partial charge < -0.3 is 15.5 Å². The van der Waals surface area contributed by atoms with Crippen molar-refractivity contribution in [2.24, 2.45) is 5.92 Å². The lowest BCUT2D eigenvalue weighted by Crippen LogP contribution is -2.41. The third-order valence-corrected chi connectivity index (χ3v) is 5.68. The molecule has 0 aromatic heterocycles. The molecule has 0 unspecified atom stereocenters. The Hall–Kier alpha value is -0.490. The number of hydrogen-bond donors (Lipinski definition) is 3. The molecule has 4 nitrogen and oxygen atoms in total. The lowest BCUT2D eigenvalue weighted by Gasteiger charge is -2.35. The van der Waals surface area contributed by atoms with Crippen LogP contribution in [0.5, 0.6) is 0 Å². The number of halogens is 3. The minimum absolute atomic E-state index is 0.316. The molecule has 0 bridgehead atoms. The fourth-order valence-electron chi connectivity index (χ4n) is 2.50. The van der Waals surface area contributed by atoms with Gasteiger partial charge in [-0.15, -0.1) is 0 Å². The minimum atomic E-state index is -0.908. The van der Waals surface area contributed by atoms with Gasteiger partial charge in [0.1, 0.15) is 0 Å². The molecule has 0 saturated heterocycles. The van der Waals surface area contributed by atoms with Crippen molar-refractivity contribution >= 4 is 50.8 Å². The van der Waals surface area contributed by atoms with E-state index >= 15 is 0 Å². The van der Waals surface area contributed by atoms with Crippen LogP contribution in [0.15, 0.2) is 16.6 Å². The minimum Gasteiger partial charge on any atom is -0.481 e. The van der Waals surface area contributed by atoms with Gasteiger partial charge in [-0.05, 0) is 53.7 Å². The quantitative estimate of drug-likeness (QED) is 0.668. The number of carbonyl (C=O) groups is 1. The summed E-state index contributed by atoms with van der Waals surface area (Å²) >= 11 is 15.5. The number of benzene rings is 1. The molecule has 1 fully saturated rings. The van der Waals surface area contributed by atoms with Crippen LogP contribution in [-0.2, 0) is 4.79 Å². The van der Waals surface area contributed by atoms with Crippen LogP contribution in [0.25, 0.3) is 0 Å². The summed E-state index contributed by atoms with van der Waals surface area (Å²) in [6.45, 7) is 0.316. The molecule has 116 valence electrons. The van der Waals surface area contributed by atoms with Crippen LogP contribution in [0, 0.1) is 5.92 Å². The highest BCUT2D eigenvalue weighted by Gasteiger charge is 2.35. The molecule has 2 rings (SSSR count). The van der Waals surface area contributed by atoms with Crippen LogP contribution in [0.2, 0.25) is 10.0 Å². The van der Waals surface area contributed by atoms with Crippen molar-refractivity contribution in [3.05, 3.63) is 26.7 Å². The second-order valence-corrected chi connectivity index (χ2v) is 7.02. The zero-order valence-corrected chi connectivity index (χ0v) is 14.3. The standard InChI is InChI=1S/C14H16BrCl2NO3/c15-9-1-2-10(12(17)11(9)16)18-7-14(21)5-3-8(4-6-14)13(19)20/h1-2,8,18,21H,3-7H2,(H,19,20). The number of carboxylic acid groups (broad SMARTS) is 1. The third-order valence-electron chi connectivity index (χ3n) is 3.91. The number of rotatable bonds is 4. The zero-order chi connectivity index (χ0) is 15.6. The van der Waals surface area contributed by atoms with Gasteiger partial charge in [0, 0.05) is 11.0 Å². The Bertz CT molecular complexity index is 545.